The number of anilines is 3. The van der Waals surface area contributed by atoms with Crippen LogP contribution in [0.1, 0.15) is 51.8 Å². The Morgan fingerprint density at radius 2 is 2.06 bits per heavy atom. The van der Waals surface area contributed by atoms with Gasteiger partial charge >= 0.3 is 0 Å². The number of rotatable bonds is 5. The number of halogens is 1. The monoisotopic (exact) mass is 479 g/mol. The number of hydrogen-bond acceptors (Lipinski definition) is 9. The average Bonchev–Trinajstić information content (AvgIpc) is 3.36. The predicted molar refractivity (Wildman–Crippen MR) is 129 cm³/mol. The van der Waals surface area contributed by atoms with Crippen molar-refractivity contribution in [1.82, 2.24) is 35.1 Å². The Hall–Kier alpha value is -3.34. The number of tetrazole rings is 1. The summed E-state index contributed by atoms with van der Waals surface area (Å²) in [5.41, 5.74) is 0.791. The van der Waals surface area contributed by atoms with Gasteiger partial charge in [0.1, 0.15) is 11.4 Å². The van der Waals surface area contributed by atoms with Crippen LogP contribution >= 0.6 is 0 Å². The summed E-state index contributed by atoms with van der Waals surface area (Å²) in [6.45, 7) is 6.93. The number of benzene rings is 1. The van der Waals surface area contributed by atoms with Crippen LogP contribution in [0.4, 0.5) is 21.8 Å². The molecule has 0 amide bonds. The van der Waals surface area contributed by atoms with E-state index in [0.29, 0.717) is 41.7 Å². The Morgan fingerprint density at radius 3 is 2.97 bits per heavy atom. The molecule has 35 heavy (non-hydrogen) atoms. The van der Waals surface area contributed by atoms with Crippen molar-refractivity contribution in [3.8, 4) is 11.4 Å². The van der Waals surface area contributed by atoms with Crippen molar-refractivity contribution in [2.24, 2.45) is 5.92 Å². The molecule has 0 bridgehead atoms. The summed E-state index contributed by atoms with van der Waals surface area (Å²) < 4.78 is 22.3. The maximum Gasteiger partial charge on any atom is 0.229 e. The molecule has 10 nitrogen and oxygen atoms in total. The Balaban J connectivity index is 1.18. The van der Waals surface area contributed by atoms with Crippen LogP contribution in [-0.2, 0) is 5.60 Å². The van der Waals surface area contributed by atoms with E-state index in [-0.39, 0.29) is 5.82 Å². The smallest absolute Gasteiger partial charge is 0.229 e. The van der Waals surface area contributed by atoms with E-state index in [2.05, 4.69) is 41.0 Å². The summed E-state index contributed by atoms with van der Waals surface area (Å²) in [6.07, 6.45) is 7.36. The van der Waals surface area contributed by atoms with Gasteiger partial charge in [-0.1, -0.05) is 6.42 Å². The van der Waals surface area contributed by atoms with Crippen molar-refractivity contribution < 1.29 is 9.13 Å². The van der Waals surface area contributed by atoms with Gasteiger partial charge in [0.15, 0.2) is 23.1 Å². The predicted octanol–water partition coefficient (Wildman–Crippen LogP) is 3.64. The summed E-state index contributed by atoms with van der Waals surface area (Å²) in [4.78, 5) is 11.2. The zero-order valence-electron chi connectivity index (χ0n) is 20.0. The van der Waals surface area contributed by atoms with E-state index in [1.54, 1.807) is 4.68 Å². The van der Waals surface area contributed by atoms with Gasteiger partial charge in [-0.2, -0.15) is 9.67 Å². The zero-order chi connectivity index (χ0) is 24.0. The number of hydrogen-bond donors (Lipinski definition) is 2. The standard InChI is InChI=1S/C24H30FN9O/c1-24(2)22-30-31-32-34(22)19-12-16(8-9-20(19)35-24)28-23-27-14-17(25)21(29-23)26-13-15-6-5-11-33-10-4-3-7-18(15)33/h8-9,12,14-15,18H,3-7,10-11,13H2,1-2H3,(H2,26,27,28,29). The number of fused-ring (bicyclic) bond motifs is 4. The summed E-state index contributed by atoms with van der Waals surface area (Å²) >= 11 is 0. The first-order chi connectivity index (χ1) is 17.0. The molecule has 2 fully saturated rings. The third-order valence-corrected chi connectivity index (χ3v) is 7.32. The lowest BCUT2D eigenvalue weighted by molar-refractivity contribution is 0.0648. The lowest BCUT2D eigenvalue weighted by Gasteiger charge is -2.44. The van der Waals surface area contributed by atoms with E-state index >= 15 is 0 Å². The van der Waals surface area contributed by atoms with E-state index in [1.807, 2.05) is 32.0 Å². The van der Waals surface area contributed by atoms with Gasteiger partial charge in [-0.25, -0.2) is 9.37 Å². The topological polar surface area (TPSA) is 106 Å². The molecule has 2 atom stereocenters. The lowest BCUT2D eigenvalue weighted by atomic mass is 9.83. The highest BCUT2D eigenvalue weighted by Crippen LogP contribution is 2.38. The minimum atomic E-state index is -0.640. The summed E-state index contributed by atoms with van der Waals surface area (Å²) in [7, 11) is 0. The van der Waals surface area contributed by atoms with Gasteiger partial charge in [-0.15, -0.1) is 5.10 Å². The van der Waals surface area contributed by atoms with Crippen LogP contribution in [0.15, 0.2) is 24.4 Å². The summed E-state index contributed by atoms with van der Waals surface area (Å²) in [5, 5.41) is 18.5. The highest BCUT2D eigenvalue weighted by Gasteiger charge is 2.36. The SMILES string of the molecule is CC1(C)Oc2ccc(Nc3ncc(F)c(NCC4CCCN5CCCCC45)n3)cc2-n2nnnc21. The van der Waals surface area contributed by atoms with Crippen LogP contribution in [0.2, 0.25) is 0 Å². The fourth-order valence-electron chi connectivity index (χ4n) is 5.62. The van der Waals surface area contributed by atoms with Crippen LogP contribution in [-0.4, -0.2) is 60.8 Å². The fraction of sp³-hybridized carbons (Fsp3) is 0.542. The van der Waals surface area contributed by atoms with E-state index in [1.165, 1.54) is 51.4 Å². The first-order valence-corrected chi connectivity index (χ1v) is 12.4. The van der Waals surface area contributed by atoms with Crippen molar-refractivity contribution in [1.29, 1.82) is 0 Å². The van der Waals surface area contributed by atoms with Crippen LogP contribution in [0.3, 0.4) is 0 Å². The van der Waals surface area contributed by atoms with Gasteiger partial charge in [-0.3, -0.25) is 0 Å². The molecule has 5 heterocycles. The maximum atomic E-state index is 14.6. The molecule has 1 aromatic carbocycles. The number of nitrogens with zero attached hydrogens (tertiary/aromatic N) is 7. The van der Waals surface area contributed by atoms with Crippen molar-refractivity contribution in [2.75, 3.05) is 30.3 Å². The van der Waals surface area contributed by atoms with Crippen molar-refractivity contribution in [3.05, 3.63) is 36.0 Å². The zero-order valence-corrected chi connectivity index (χ0v) is 20.0. The largest absolute Gasteiger partial charge is 0.478 e. The second-order valence-electron chi connectivity index (χ2n) is 10.1. The molecular formula is C24H30FN9O. The van der Waals surface area contributed by atoms with Crippen LogP contribution < -0.4 is 15.4 Å². The van der Waals surface area contributed by atoms with Gasteiger partial charge in [-0.05, 0) is 87.2 Å². The molecule has 184 valence electrons. The first kappa shape index (κ1) is 22.1. The van der Waals surface area contributed by atoms with Crippen molar-refractivity contribution in [3.63, 3.8) is 0 Å². The Morgan fingerprint density at radius 1 is 1.17 bits per heavy atom. The van der Waals surface area contributed by atoms with Gasteiger partial charge in [0, 0.05) is 18.3 Å². The molecule has 0 aliphatic carbocycles. The molecule has 3 aliphatic heterocycles. The minimum Gasteiger partial charge on any atom is -0.478 e. The summed E-state index contributed by atoms with van der Waals surface area (Å²) in [5.74, 6) is 1.88. The van der Waals surface area contributed by atoms with Crippen LogP contribution in [0.5, 0.6) is 5.75 Å². The molecule has 11 heteroatoms. The lowest BCUT2D eigenvalue weighted by Crippen LogP contribution is -2.49. The highest BCUT2D eigenvalue weighted by atomic mass is 19.1. The van der Waals surface area contributed by atoms with Crippen molar-refractivity contribution in [2.45, 2.75) is 57.6 Å². The van der Waals surface area contributed by atoms with E-state index in [9.17, 15) is 4.39 Å². The molecule has 2 unspecified atom stereocenters. The molecule has 2 saturated heterocycles. The number of nitrogens with one attached hydrogen (secondary N) is 2. The second-order valence-corrected chi connectivity index (χ2v) is 10.1. The molecule has 2 N–H and O–H groups in total. The van der Waals surface area contributed by atoms with Gasteiger partial charge in [0.25, 0.3) is 0 Å². The normalized spacial score (nSPS) is 22.9. The Kier molecular flexibility index (Phi) is 5.51. The van der Waals surface area contributed by atoms with Crippen molar-refractivity contribution >= 4 is 17.5 Å². The Bertz CT molecular complexity index is 1230. The van der Waals surface area contributed by atoms with Gasteiger partial charge < -0.3 is 20.3 Å². The quantitative estimate of drug-likeness (QED) is 0.567. The van der Waals surface area contributed by atoms with E-state index in [4.69, 9.17) is 4.74 Å². The molecule has 6 rings (SSSR count). The number of piperidine rings is 2. The second kappa shape index (κ2) is 8.71. The molecular weight excluding hydrogens is 449 g/mol. The minimum absolute atomic E-state index is 0.223. The van der Waals surface area contributed by atoms with Crippen LogP contribution in [0.25, 0.3) is 5.69 Å². The van der Waals surface area contributed by atoms with E-state index < -0.39 is 11.4 Å². The average molecular weight is 480 g/mol. The molecule has 2 aromatic heterocycles. The molecule has 0 saturated carbocycles. The number of ether oxygens (including phenoxy) is 1. The highest BCUT2D eigenvalue weighted by molar-refractivity contribution is 5.63. The Labute approximate surface area is 203 Å². The fourth-order valence-corrected chi connectivity index (χ4v) is 5.62. The third-order valence-electron chi connectivity index (χ3n) is 7.32. The summed E-state index contributed by atoms with van der Waals surface area (Å²) in [6, 6.07) is 6.17. The third kappa shape index (κ3) is 4.18. The molecule has 3 aromatic rings. The van der Waals surface area contributed by atoms with Crippen LogP contribution in [0, 0.1) is 11.7 Å². The number of aromatic nitrogens is 6. The van der Waals surface area contributed by atoms with Gasteiger partial charge in [0.2, 0.25) is 5.95 Å². The molecule has 0 radical (unpaired) electrons. The molecule has 0 spiro atoms. The van der Waals surface area contributed by atoms with Gasteiger partial charge in [0.05, 0.1) is 6.20 Å². The molecule has 3 aliphatic rings. The van der Waals surface area contributed by atoms with E-state index in [0.717, 1.165) is 5.69 Å². The first-order valence-electron chi connectivity index (χ1n) is 12.4. The maximum absolute atomic E-state index is 14.6.